The van der Waals surface area contributed by atoms with Crippen molar-refractivity contribution in [1.82, 2.24) is 0 Å². The van der Waals surface area contributed by atoms with Gasteiger partial charge in [0.25, 0.3) is 0 Å². The van der Waals surface area contributed by atoms with Gasteiger partial charge in [0.2, 0.25) is 15.9 Å². The quantitative estimate of drug-likeness (QED) is 0.802. The molecule has 8 heteroatoms. The van der Waals surface area contributed by atoms with Gasteiger partial charge in [-0.25, -0.2) is 8.42 Å². The molecule has 0 radical (unpaired) electrons. The van der Waals surface area contributed by atoms with Crippen LogP contribution in [0.1, 0.15) is 6.92 Å². The van der Waals surface area contributed by atoms with Crippen molar-refractivity contribution < 1.29 is 17.9 Å². The van der Waals surface area contributed by atoms with E-state index < -0.39 is 10.0 Å². The third-order valence-electron chi connectivity index (χ3n) is 1.93. The highest BCUT2D eigenvalue weighted by atomic mass is 79.9. The van der Waals surface area contributed by atoms with Gasteiger partial charge in [-0.15, -0.1) is 0 Å². The van der Waals surface area contributed by atoms with Gasteiger partial charge in [-0.3, -0.25) is 9.52 Å². The third kappa shape index (κ3) is 4.19. The second-order valence-corrected chi connectivity index (χ2v) is 6.45. The van der Waals surface area contributed by atoms with Crippen LogP contribution in [0.4, 0.5) is 11.4 Å². The lowest BCUT2D eigenvalue weighted by atomic mass is 10.2. The smallest absolute Gasteiger partial charge is 0.242 e. The average molecular weight is 337 g/mol. The van der Waals surface area contributed by atoms with Crippen molar-refractivity contribution in [2.75, 3.05) is 21.8 Å². The monoisotopic (exact) mass is 336 g/mol. The number of alkyl halides is 1. The van der Waals surface area contributed by atoms with E-state index in [1.54, 1.807) is 12.1 Å². The zero-order valence-electron chi connectivity index (χ0n) is 9.86. The predicted octanol–water partition coefficient (Wildman–Crippen LogP) is 1.75. The summed E-state index contributed by atoms with van der Waals surface area (Å²) in [6.45, 7) is 1.37. The van der Waals surface area contributed by atoms with Crippen molar-refractivity contribution in [1.29, 1.82) is 0 Å². The molecule has 0 aromatic heterocycles. The number of amides is 1. The van der Waals surface area contributed by atoms with E-state index in [-0.39, 0.29) is 16.3 Å². The lowest BCUT2D eigenvalue weighted by Gasteiger charge is -2.12. The minimum absolute atomic E-state index is 0.229. The third-order valence-corrected chi connectivity index (χ3v) is 4.56. The maximum Gasteiger partial charge on any atom is 0.242 e. The van der Waals surface area contributed by atoms with Crippen LogP contribution in [0.25, 0.3) is 0 Å². The first-order valence-electron chi connectivity index (χ1n) is 4.90. The van der Waals surface area contributed by atoms with Gasteiger partial charge in [-0.1, -0.05) is 15.9 Å². The molecule has 1 aromatic carbocycles. The first-order valence-corrected chi connectivity index (χ1v) is 7.67. The van der Waals surface area contributed by atoms with Crippen LogP contribution < -0.4 is 14.8 Å². The molecule has 0 aliphatic heterocycles. The summed E-state index contributed by atoms with van der Waals surface area (Å²) >= 11 is 2.87. The highest BCUT2D eigenvalue weighted by molar-refractivity contribution is 9.10. The van der Waals surface area contributed by atoms with Crippen LogP contribution in [0.5, 0.6) is 5.75 Å². The van der Waals surface area contributed by atoms with E-state index in [4.69, 9.17) is 4.74 Å². The van der Waals surface area contributed by atoms with E-state index in [0.717, 1.165) is 0 Å². The summed E-state index contributed by atoms with van der Waals surface area (Å²) in [7, 11) is -2.05. The molecule has 0 saturated carbocycles. The zero-order valence-corrected chi connectivity index (χ0v) is 12.3. The number of hydrogen-bond acceptors (Lipinski definition) is 4. The van der Waals surface area contributed by atoms with Crippen molar-refractivity contribution in [3.63, 3.8) is 0 Å². The number of sulfonamides is 1. The number of rotatable bonds is 5. The van der Waals surface area contributed by atoms with Gasteiger partial charge in [0.1, 0.15) is 10.4 Å². The number of halogens is 1. The topological polar surface area (TPSA) is 84.5 Å². The molecule has 1 aromatic rings. The number of carbonyl (C=O) groups is 1. The van der Waals surface area contributed by atoms with Crippen molar-refractivity contribution in [3.05, 3.63) is 18.2 Å². The van der Waals surface area contributed by atoms with E-state index in [1.807, 2.05) is 0 Å². The fourth-order valence-electron chi connectivity index (χ4n) is 1.26. The van der Waals surface area contributed by atoms with Gasteiger partial charge in [0, 0.05) is 12.6 Å². The van der Waals surface area contributed by atoms with Gasteiger partial charge in [-0.05, 0) is 18.2 Å². The van der Waals surface area contributed by atoms with Crippen molar-refractivity contribution in [2.45, 2.75) is 6.92 Å². The molecule has 2 N–H and O–H groups in total. The molecule has 0 aliphatic rings. The number of anilines is 2. The molecule has 0 aliphatic carbocycles. The fraction of sp³-hybridized carbons (Fsp3) is 0.300. The Hall–Kier alpha value is -1.28. The minimum Gasteiger partial charge on any atom is -0.495 e. The van der Waals surface area contributed by atoms with Gasteiger partial charge in [0.15, 0.2) is 0 Å². The van der Waals surface area contributed by atoms with E-state index in [0.29, 0.717) is 11.4 Å². The number of hydrogen-bond donors (Lipinski definition) is 2. The Balaban J connectivity index is 3.10. The Morgan fingerprint density at radius 1 is 1.44 bits per heavy atom. The lowest BCUT2D eigenvalue weighted by Crippen LogP contribution is -2.14. The molecule has 1 amide bonds. The molecule has 0 saturated heterocycles. The summed E-state index contributed by atoms with van der Waals surface area (Å²) < 4.78 is 30.1. The number of carbonyl (C=O) groups excluding carboxylic acids is 1. The molecule has 0 spiro atoms. The maximum absolute atomic E-state index is 11.5. The molecule has 100 valence electrons. The molecule has 6 nitrogen and oxygen atoms in total. The molecule has 0 atom stereocenters. The molecule has 1 rings (SSSR count). The van der Waals surface area contributed by atoms with Crippen molar-refractivity contribution in [2.24, 2.45) is 0 Å². The Morgan fingerprint density at radius 2 is 2.11 bits per heavy atom. The lowest BCUT2D eigenvalue weighted by molar-refractivity contribution is -0.114. The Kier molecular flexibility index (Phi) is 4.97. The predicted molar refractivity (Wildman–Crippen MR) is 73.6 cm³/mol. The van der Waals surface area contributed by atoms with Crippen molar-refractivity contribution in [3.8, 4) is 5.75 Å². The van der Waals surface area contributed by atoms with E-state index >= 15 is 0 Å². The normalized spacial score (nSPS) is 10.8. The van der Waals surface area contributed by atoms with Gasteiger partial charge in [-0.2, -0.15) is 0 Å². The minimum atomic E-state index is -3.48. The van der Waals surface area contributed by atoms with Gasteiger partial charge >= 0.3 is 0 Å². The highest BCUT2D eigenvalue weighted by Gasteiger charge is 2.12. The standard InChI is InChI=1S/C10H13BrN2O4S/c1-7(14)12-8-3-4-10(17-2)9(5-8)13-18(15,16)6-11/h3-5,13H,6H2,1-2H3,(H,12,14). The molecule has 0 heterocycles. The van der Waals surface area contributed by atoms with Crippen molar-refractivity contribution >= 4 is 43.2 Å². The van der Waals surface area contributed by atoms with Crippen LogP contribution in [-0.2, 0) is 14.8 Å². The molecular formula is C10H13BrN2O4S. The summed E-state index contributed by atoms with van der Waals surface area (Å²) in [5.41, 5.74) is 0.749. The Labute approximate surface area is 114 Å². The Morgan fingerprint density at radius 3 is 2.61 bits per heavy atom. The van der Waals surface area contributed by atoms with Crippen LogP contribution in [0.15, 0.2) is 18.2 Å². The van der Waals surface area contributed by atoms with E-state index in [9.17, 15) is 13.2 Å². The first kappa shape index (κ1) is 14.8. The molecule has 0 fully saturated rings. The maximum atomic E-state index is 11.5. The molecular weight excluding hydrogens is 324 g/mol. The first-order chi connectivity index (χ1) is 8.38. The second kappa shape index (κ2) is 6.05. The number of benzene rings is 1. The number of nitrogens with one attached hydrogen (secondary N) is 2. The van der Waals surface area contributed by atoms with Crippen LogP contribution in [0.2, 0.25) is 0 Å². The number of ether oxygens (including phenoxy) is 1. The van der Waals surface area contributed by atoms with E-state index in [2.05, 4.69) is 26.0 Å². The molecule has 18 heavy (non-hydrogen) atoms. The summed E-state index contributed by atoms with van der Waals surface area (Å²) in [6, 6.07) is 4.67. The SMILES string of the molecule is COc1ccc(NC(C)=O)cc1NS(=O)(=O)CBr. The van der Waals surface area contributed by atoms with Crippen LogP contribution in [-0.4, -0.2) is 26.1 Å². The summed E-state index contributed by atoms with van der Waals surface area (Å²) in [6.07, 6.45) is 0. The summed E-state index contributed by atoms with van der Waals surface area (Å²) in [5.74, 6) is 0.128. The Bertz CT molecular complexity index is 545. The second-order valence-electron chi connectivity index (χ2n) is 3.42. The highest BCUT2D eigenvalue weighted by Crippen LogP contribution is 2.28. The van der Waals surface area contributed by atoms with E-state index in [1.165, 1.54) is 20.1 Å². The van der Waals surface area contributed by atoms with Crippen LogP contribution in [0.3, 0.4) is 0 Å². The largest absolute Gasteiger partial charge is 0.495 e. The summed E-state index contributed by atoms with van der Waals surface area (Å²) in [5, 5.41) is 2.56. The van der Waals surface area contributed by atoms with Gasteiger partial charge < -0.3 is 10.1 Å². The fourth-order valence-corrected chi connectivity index (χ4v) is 2.16. The van der Waals surface area contributed by atoms with Gasteiger partial charge in [0.05, 0.1) is 12.8 Å². The zero-order chi connectivity index (χ0) is 13.8. The molecule has 0 unspecified atom stereocenters. The average Bonchev–Trinajstić information content (AvgIpc) is 2.28. The molecule has 0 bridgehead atoms. The van der Waals surface area contributed by atoms with Crippen LogP contribution in [0, 0.1) is 0 Å². The number of methoxy groups -OCH3 is 1. The van der Waals surface area contributed by atoms with Crippen LogP contribution >= 0.6 is 15.9 Å². The summed E-state index contributed by atoms with van der Waals surface area (Å²) in [4.78, 5) is 10.9.